The van der Waals surface area contributed by atoms with E-state index in [1.807, 2.05) is 36.5 Å². The Labute approximate surface area is 329 Å². The van der Waals surface area contributed by atoms with Gasteiger partial charge in [-0.2, -0.15) is 0 Å². The average Bonchev–Trinajstić information content (AvgIpc) is 3.93. The summed E-state index contributed by atoms with van der Waals surface area (Å²) in [5.74, 6) is 1.82. The molecule has 0 spiro atoms. The molecular weight excluding hydrogens is 727 g/mol. The molecule has 3 aliphatic rings. The molecule has 6 heterocycles. The van der Waals surface area contributed by atoms with E-state index in [9.17, 15) is 19.2 Å². The number of nitrogens with two attached hydrogens (primary N) is 1. The number of likely N-dealkylation sites (tertiary alicyclic amines) is 1. The van der Waals surface area contributed by atoms with Gasteiger partial charge in [-0.15, -0.1) is 11.8 Å². The number of carbonyl (C=O) groups is 4. The Morgan fingerprint density at radius 1 is 0.911 bits per heavy atom. The standard InChI is InChI=1S/C42H45N9O4S/c43-38-37-36(27-14-16-28(17-15-27)40(53)46-34-13-4-5-20-44-34)48-39(50(37)24-21-45-38)31-11-9-23-49(31)22-6-2-1-3-7-25-56-33-12-8-10-29-30(33)26-51(42(29)55)32-18-19-35(52)47-41(32)54/h4-5,8,10,12-17,20-21,24,31-32H,1-3,6-7,9,11,18-19,22-23,25-26H2,(H2,43,45)(H,44,46,53)(H,47,52,54)/t31-,32?/m0/s1. The topological polar surface area (TPSA) is 168 Å². The van der Waals surface area contributed by atoms with Crippen LogP contribution in [0.3, 0.4) is 0 Å². The normalized spacial score (nSPS) is 18.4. The first-order valence-electron chi connectivity index (χ1n) is 19.4. The summed E-state index contributed by atoms with van der Waals surface area (Å²) in [5.41, 5.74) is 11.0. The number of unbranched alkanes of at least 4 members (excludes halogenated alkanes) is 4. The number of benzene rings is 2. The van der Waals surface area contributed by atoms with Crippen molar-refractivity contribution in [3.8, 4) is 11.3 Å². The van der Waals surface area contributed by atoms with Gasteiger partial charge in [0.2, 0.25) is 11.8 Å². The summed E-state index contributed by atoms with van der Waals surface area (Å²) < 4.78 is 2.09. The van der Waals surface area contributed by atoms with Crippen molar-refractivity contribution in [1.82, 2.24) is 34.5 Å². The Hall–Kier alpha value is -5.60. The summed E-state index contributed by atoms with van der Waals surface area (Å²) in [7, 11) is 0. The molecule has 2 aromatic carbocycles. The lowest BCUT2D eigenvalue weighted by atomic mass is 10.0. The summed E-state index contributed by atoms with van der Waals surface area (Å²) >= 11 is 1.78. The van der Waals surface area contributed by atoms with Gasteiger partial charge in [-0.25, -0.2) is 15.0 Å². The number of imide groups is 1. The van der Waals surface area contributed by atoms with E-state index >= 15 is 0 Å². The second kappa shape index (κ2) is 16.6. The lowest BCUT2D eigenvalue weighted by Crippen LogP contribution is -2.52. The number of anilines is 2. The molecule has 56 heavy (non-hydrogen) atoms. The number of hydrogen-bond donors (Lipinski definition) is 3. The molecule has 3 aliphatic heterocycles. The van der Waals surface area contributed by atoms with Crippen molar-refractivity contribution in [3.05, 3.63) is 102 Å². The average molecular weight is 772 g/mol. The highest BCUT2D eigenvalue weighted by atomic mass is 32.2. The van der Waals surface area contributed by atoms with Crippen molar-refractivity contribution < 1.29 is 19.2 Å². The van der Waals surface area contributed by atoms with Gasteiger partial charge in [0.05, 0.1) is 6.04 Å². The van der Waals surface area contributed by atoms with Crippen LogP contribution in [-0.2, 0) is 16.1 Å². The number of pyridine rings is 1. The first-order valence-corrected chi connectivity index (χ1v) is 20.4. The quantitative estimate of drug-likeness (QED) is 0.0666. The molecule has 4 N–H and O–H groups in total. The molecule has 0 saturated carbocycles. The van der Waals surface area contributed by atoms with Gasteiger partial charge in [0.1, 0.15) is 34.7 Å². The maximum absolute atomic E-state index is 13.2. The third-order valence-electron chi connectivity index (χ3n) is 11.0. The molecule has 1 unspecified atom stereocenters. The number of piperidine rings is 1. The fourth-order valence-electron chi connectivity index (χ4n) is 8.14. The van der Waals surface area contributed by atoms with Crippen molar-refractivity contribution in [2.24, 2.45) is 0 Å². The van der Waals surface area contributed by atoms with Gasteiger partial charge < -0.3 is 16.0 Å². The van der Waals surface area contributed by atoms with Gasteiger partial charge in [0.25, 0.3) is 11.8 Å². The molecule has 5 aromatic rings. The highest BCUT2D eigenvalue weighted by molar-refractivity contribution is 7.99. The molecule has 2 fully saturated rings. The molecule has 14 heteroatoms. The number of thioether (sulfide) groups is 1. The van der Waals surface area contributed by atoms with Gasteiger partial charge in [-0.05, 0) is 92.9 Å². The summed E-state index contributed by atoms with van der Waals surface area (Å²) in [6.07, 6.45) is 13.7. The number of carbonyl (C=O) groups excluding carboxylic acids is 4. The Morgan fingerprint density at radius 3 is 2.57 bits per heavy atom. The molecule has 2 saturated heterocycles. The second-order valence-corrected chi connectivity index (χ2v) is 15.7. The maximum atomic E-state index is 13.2. The van der Waals surface area contributed by atoms with Crippen LogP contribution in [0.5, 0.6) is 0 Å². The second-order valence-electron chi connectivity index (χ2n) is 14.6. The van der Waals surface area contributed by atoms with Crippen LogP contribution < -0.4 is 16.4 Å². The Balaban J connectivity index is 0.829. The molecular formula is C42H45N9O4S. The molecule has 288 valence electrons. The third-order valence-corrected chi connectivity index (χ3v) is 12.2. The SMILES string of the molecule is Nc1nccn2c([C@@H]3CCCN3CCCCCCCSc3cccc4c3CN(C3CCC(=O)NC3=O)C4=O)nc(-c3ccc(C(=O)Nc4ccccn4)cc3)c12. The van der Waals surface area contributed by atoms with Gasteiger partial charge in [0, 0.05) is 53.1 Å². The fraction of sp³-hybridized carbons (Fsp3) is 0.357. The number of amides is 4. The number of aromatic nitrogens is 4. The van der Waals surface area contributed by atoms with Gasteiger partial charge in [-0.3, -0.25) is 33.8 Å². The smallest absolute Gasteiger partial charge is 0.256 e. The van der Waals surface area contributed by atoms with Crippen molar-refractivity contribution in [3.63, 3.8) is 0 Å². The van der Waals surface area contributed by atoms with E-state index in [0.29, 0.717) is 35.7 Å². The number of rotatable bonds is 14. The highest BCUT2D eigenvalue weighted by Gasteiger charge is 2.40. The van der Waals surface area contributed by atoms with Crippen LogP contribution in [0.25, 0.3) is 16.8 Å². The van der Waals surface area contributed by atoms with Crippen LogP contribution in [0.1, 0.15) is 95.9 Å². The van der Waals surface area contributed by atoms with E-state index in [4.69, 9.17) is 10.7 Å². The van der Waals surface area contributed by atoms with E-state index < -0.39 is 6.04 Å². The molecule has 0 bridgehead atoms. The zero-order valence-electron chi connectivity index (χ0n) is 31.2. The summed E-state index contributed by atoms with van der Waals surface area (Å²) in [6, 6.07) is 18.2. The molecule has 13 nitrogen and oxygen atoms in total. The van der Waals surface area contributed by atoms with Crippen LogP contribution in [0.15, 0.2) is 84.1 Å². The van der Waals surface area contributed by atoms with Crippen LogP contribution in [0.4, 0.5) is 11.6 Å². The van der Waals surface area contributed by atoms with Crippen LogP contribution in [0.2, 0.25) is 0 Å². The Kier molecular flexibility index (Phi) is 11.1. The zero-order valence-corrected chi connectivity index (χ0v) is 32.0. The predicted octanol–water partition coefficient (Wildman–Crippen LogP) is 6.27. The zero-order chi connectivity index (χ0) is 38.6. The Morgan fingerprint density at radius 2 is 1.75 bits per heavy atom. The number of imidazole rings is 1. The van der Waals surface area contributed by atoms with Crippen LogP contribution >= 0.6 is 11.8 Å². The number of nitrogens with zero attached hydrogens (tertiary/aromatic N) is 6. The monoisotopic (exact) mass is 771 g/mol. The highest BCUT2D eigenvalue weighted by Crippen LogP contribution is 2.37. The summed E-state index contributed by atoms with van der Waals surface area (Å²) in [4.78, 5) is 69.1. The molecule has 8 rings (SSSR count). The minimum absolute atomic E-state index is 0.130. The predicted molar refractivity (Wildman–Crippen MR) is 215 cm³/mol. The van der Waals surface area contributed by atoms with Gasteiger partial charge >= 0.3 is 0 Å². The summed E-state index contributed by atoms with van der Waals surface area (Å²) in [5, 5.41) is 5.21. The fourth-order valence-corrected chi connectivity index (χ4v) is 9.23. The van der Waals surface area contributed by atoms with Crippen molar-refractivity contribution in [1.29, 1.82) is 0 Å². The van der Waals surface area contributed by atoms with E-state index in [0.717, 1.165) is 96.8 Å². The van der Waals surface area contributed by atoms with Gasteiger partial charge in [0.15, 0.2) is 0 Å². The maximum Gasteiger partial charge on any atom is 0.256 e. The van der Waals surface area contributed by atoms with Crippen molar-refractivity contribution >= 4 is 52.5 Å². The third kappa shape index (κ3) is 7.76. The number of nitrogens with one attached hydrogen (secondary N) is 2. The minimum atomic E-state index is -0.599. The summed E-state index contributed by atoms with van der Waals surface area (Å²) in [6.45, 7) is 2.43. The minimum Gasteiger partial charge on any atom is -0.382 e. The van der Waals surface area contributed by atoms with Crippen molar-refractivity contribution in [2.75, 3.05) is 29.9 Å². The lowest BCUT2D eigenvalue weighted by molar-refractivity contribution is -0.136. The lowest BCUT2D eigenvalue weighted by Gasteiger charge is -2.29. The van der Waals surface area contributed by atoms with E-state index in [1.54, 1.807) is 53.3 Å². The van der Waals surface area contributed by atoms with E-state index in [2.05, 4.69) is 36.0 Å². The largest absolute Gasteiger partial charge is 0.382 e. The van der Waals surface area contributed by atoms with Crippen molar-refractivity contribution in [2.45, 2.75) is 81.3 Å². The molecule has 2 atom stereocenters. The number of hydrogen-bond acceptors (Lipinski definition) is 10. The molecule has 4 amide bonds. The Bertz CT molecular complexity index is 2260. The van der Waals surface area contributed by atoms with Crippen LogP contribution in [0, 0.1) is 0 Å². The van der Waals surface area contributed by atoms with E-state index in [1.165, 1.54) is 0 Å². The number of fused-ring (bicyclic) bond motifs is 2. The van der Waals surface area contributed by atoms with Crippen LogP contribution in [-0.4, -0.2) is 77.7 Å². The van der Waals surface area contributed by atoms with Gasteiger partial charge in [-0.1, -0.05) is 43.5 Å². The molecule has 0 aliphatic carbocycles. The first-order chi connectivity index (χ1) is 27.4. The number of nitrogen functional groups attached to an aromatic ring is 1. The first kappa shape index (κ1) is 37.3. The van der Waals surface area contributed by atoms with E-state index in [-0.39, 0.29) is 36.1 Å². The molecule has 3 aromatic heterocycles. The molecule has 0 radical (unpaired) electrons.